The highest BCUT2D eigenvalue weighted by Crippen LogP contribution is 2.35. The van der Waals surface area contributed by atoms with E-state index in [0.717, 1.165) is 18.7 Å². The summed E-state index contributed by atoms with van der Waals surface area (Å²) in [7, 11) is 0. The van der Waals surface area contributed by atoms with Crippen molar-refractivity contribution in [3.8, 4) is 5.75 Å². The first-order chi connectivity index (χ1) is 12.9. The maximum absolute atomic E-state index is 6.01. The Morgan fingerprint density at radius 1 is 1.00 bits per heavy atom. The number of hydrogen-bond acceptors (Lipinski definition) is 2. The summed E-state index contributed by atoms with van der Waals surface area (Å²) in [6.07, 6.45) is 2.87. The van der Waals surface area contributed by atoms with Gasteiger partial charge >= 0.3 is 0 Å². The van der Waals surface area contributed by atoms with Gasteiger partial charge in [-0.05, 0) is 59.2 Å². The molecule has 2 aromatic rings. The second-order valence-electron chi connectivity index (χ2n) is 7.82. The summed E-state index contributed by atoms with van der Waals surface area (Å²) in [5, 5.41) is 0. The maximum atomic E-state index is 6.01. The zero-order valence-electron chi connectivity index (χ0n) is 17.6. The van der Waals surface area contributed by atoms with Crippen LogP contribution in [0.3, 0.4) is 0 Å². The minimum Gasteiger partial charge on any atom is -0.489 e. The van der Waals surface area contributed by atoms with Crippen molar-refractivity contribution in [3.05, 3.63) is 77.9 Å². The van der Waals surface area contributed by atoms with Gasteiger partial charge in [-0.25, -0.2) is 0 Å². The highest BCUT2D eigenvalue weighted by molar-refractivity contribution is 5.44. The molecule has 146 valence electrons. The molecule has 2 rings (SSSR count). The van der Waals surface area contributed by atoms with Crippen molar-refractivity contribution in [2.24, 2.45) is 0 Å². The Balaban J connectivity index is 2.39. The van der Waals surface area contributed by atoms with Crippen LogP contribution in [0.25, 0.3) is 0 Å². The third kappa shape index (κ3) is 5.97. The Labute approximate surface area is 165 Å². The molecule has 0 saturated carbocycles. The maximum Gasteiger partial charge on any atom is 0.123 e. The molecular formula is C25H35NO. The molecule has 0 aliphatic carbocycles. The summed E-state index contributed by atoms with van der Waals surface area (Å²) in [5.41, 5.74) is 3.89. The van der Waals surface area contributed by atoms with Crippen LogP contribution in [-0.2, 0) is 0 Å². The fraction of sp³-hybridized carbons (Fsp3) is 0.440. The van der Waals surface area contributed by atoms with E-state index >= 15 is 0 Å². The van der Waals surface area contributed by atoms with Crippen molar-refractivity contribution in [1.29, 1.82) is 0 Å². The number of nitrogens with zero attached hydrogens (tertiary/aromatic N) is 1. The zero-order valence-corrected chi connectivity index (χ0v) is 17.6. The van der Waals surface area contributed by atoms with Crippen LogP contribution >= 0.6 is 0 Å². The molecular weight excluding hydrogens is 330 g/mol. The molecule has 0 N–H and O–H groups in total. The van der Waals surface area contributed by atoms with E-state index in [1.54, 1.807) is 6.08 Å². The van der Waals surface area contributed by atoms with Crippen LogP contribution in [0.2, 0.25) is 0 Å². The highest BCUT2D eigenvalue weighted by Gasteiger charge is 2.22. The second kappa shape index (κ2) is 10.3. The van der Waals surface area contributed by atoms with Crippen molar-refractivity contribution >= 4 is 0 Å². The quantitative estimate of drug-likeness (QED) is 0.465. The fourth-order valence-corrected chi connectivity index (χ4v) is 3.80. The van der Waals surface area contributed by atoms with Crippen LogP contribution in [-0.4, -0.2) is 30.1 Å². The van der Waals surface area contributed by atoms with Gasteiger partial charge < -0.3 is 4.74 Å². The van der Waals surface area contributed by atoms with E-state index in [1.807, 2.05) is 0 Å². The van der Waals surface area contributed by atoms with Crippen molar-refractivity contribution < 1.29 is 4.74 Å². The van der Waals surface area contributed by atoms with E-state index in [1.165, 1.54) is 16.7 Å². The third-order valence-electron chi connectivity index (χ3n) is 5.10. The van der Waals surface area contributed by atoms with Crippen LogP contribution in [0.4, 0.5) is 0 Å². The first kappa shape index (κ1) is 21.2. The zero-order chi connectivity index (χ0) is 19.8. The largest absolute Gasteiger partial charge is 0.489 e. The van der Waals surface area contributed by atoms with E-state index in [0.29, 0.717) is 24.6 Å². The lowest BCUT2D eigenvalue weighted by Crippen LogP contribution is -2.38. The number of benzene rings is 2. The number of ether oxygens (including phenoxy) is 1. The van der Waals surface area contributed by atoms with E-state index in [2.05, 4.69) is 94.6 Å². The lowest BCUT2D eigenvalue weighted by atomic mass is 9.86. The van der Waals surface area contributed by atoms with Gasteiger partial charge in [0.1, 0.15) is 12.4 Å². The van der Waals surface area contributed by atoms with Gasteiger partial charge in [0, 0.05) is 23.6 Å². The first-order valence-electron chi connectivity index (χ1n) is 10.1. The van der Waals surface area contributed by atoms with Crippen LogP contribution in [0.1, 0.15) is 56.7 Å². The van der Waals surface area contributed by atoms with Gasteiger partial charge in [-0.2, -0.15) is 0 Å². The van der Waals surface area contributed by atoms with Crippen LogP contribution < -0.4 is 4.74 Å². The van der Waals surface area contributed by atoms with Gasteiger partial charge in [-0.1, -0.05) is 60.7 Å². The highest BCUT2D eigenvalue weighted by atomic mass is 16.5. The Bertz CT molecular complexity index is 698. The van der Waals surface area contributed by atoms with Crippen molar-refractivity contribution in [3.63, 3.8) is 0 Å². The minimum absolute atomic E-state index is 0.311. The second-order valence-corrected chi connectivity index (χ2v) is 7.82. The topological polar surface area (TPSA) is 12.5 Å². The molecule has 2 heteroatoms. The summed E-state index contributed by atoms with van der Waals surface area (Å²) < 4.78 is 6.01. The standard InChI is InChI=1S/C25H35NO/c1-7-17-27-25-14-13-21(6)18-24(25)23(22-11-9-8-10-12-22)15-16-26(19(2)3)20(4)5/h7-14,18-20,23H,1,15-17H2,2-6H3. The molecule has 1 unspecified atom stereocenters. The van der Waals surface area contributed by atoms with Gasteiger partial charge in [-0.3, -0.25) is 4.90 Å². The van der Waals surface area contributed by atoms with Gasteiger partial charge in [0.25, 0.3) is 0 Å². The van der Waals surface area contributed by atoms with Crippen LogP contribution in [0, 0.1) is 6.92 Å². The molecule has 0 heterocycles. The lowest BCUT2D eigenvalue weighted by molar-refractivity contribution is 0.170. The smallest absolute Gasteiger partial charge is 0.123 e. The molecule has 0 saturated heterocycles. The predicted molar refractivity (Wildman–Crippen MR) is 117 cm³/mol. The van der Waals surface area contributed by atoms with Crippen molar-refractivity contribution in [2.45, 2.75) is 59.0 Å². The normalized spacial score (nSPS) is 12.6. The average molecular weight is 366 g/mol. The summed E-state index contributed by atoms with van der Waals surface area (Å²) in [5.74, 6) is 1.28. The van der Waals surface area contributed by atoms with E-state index in [9.17, 15) is 0 Å². The van der Waals surface area contributed by atoms with E-state index < -0.39 is 0 Å². The Morgan fingerprint density at radius 2 is 1.67 bits per heavy atom. The Hall–Kier alpha value is -2.06. The fourth-order valence-electron chi connectivity index (χ4n) is 3.80. The molecule has 0 aliphatic rings. The molecule has 0 radical (unpaired) electrons. The summed E-state index contributed by atoms with van der Waals surface area (Å²) in [4.78, 5) is 2.57. The SMILES string of the molecule is C=CCOc1ccc(C)cc1C(CCN(C(C)C)C(C)C)c1ccccc1. The monoisotopic (exact) mass is 365 g/mol. The van der Waals surface area contributed by atoms with E-state index in [4.69, 9.17) is 4.74 Å². The number of aryl methyl sites for hydroxylation is 1. The lowest BCUT2D eigenvalue weighted by Gasteiger charge is -2.32. The average Bonchev–Trinajstić information content (AvgIpc) is 2.64. The molecule has 0 fully saturated rings. The Kier molecular flexibility index (Phi) is 8.12. The van der Waals surface area contributed by atoms with Crippen molar-refractivity contribution in [2.75, 3.05) is 13.2 Å². The van der Waals surface area contributed by atoms with Crippen LogP contribution in [0.15, 0.2) is 61.2 Å². The summed E-state index contributed by atoms with van der Waals surface area (Å²) in [6, 6.07) is 18.4. The molecule has 2 aromatic carbocycles. The Morgan fingerprint density at radius 3 is 2.26 bits per heavy atom. The van der Waals surface area contributed by atoms with Gasteiger partial charge in [0.15, 0.2) is 0 Å². The molecule has 0 bridgehead atoms. The van der Waals surface area contributed by atoms with E-state index in [-0.39, 0.29) is 0 Å². The number of hydrogen-bond donors (Lipinski definition) is 0. The molecule has 0 aromatic heterocycles. The van der Waals surface area contributed by atoms with Crippen molar-refractivity contribution in [1.82, 2.24) is 4.90 Å². The van der Waals surface area contributed by atoms with Gasteiger partial charge in [-0.15, -0.1) is 0 Å². The van der Waals surface area contributed by atoms with Gasteiger partial charge in [0.05, 0.1) is 0 Å². The third-order valence-corrected chi connectivity index (χ3v) is 5.10. The van der Waals surface area contributed by atoms with Crippen LogP contribution in [0.5, 0.6) is 5.75 Å². The van der Waals surface area contributed by atoms with Gasteiger partial charge in [0.2, 0.25) is 0 Å². The summed E-state index contributed by atoms with van der Waals surface area (Å²) >= 11 is 0. The molecule has 2 nitrogen and oxygen atoms in total. The number of rotatable bonds is 10. The molecule has 0 amide bonds. The predicted octanol–water partition coefficient (Wildman–Crippen LogP) is 6.20. The minimum atomic E-state index is 0.311. The molecule has 1 atom stereocenters. The summed E-state index contributed by atoms with van der Waals surface area (Å²) in [6.45, 7) is 16.7. The molecule has 0 spiro atoms. The first-order valence-corrected chi connectivity index (χ1v) is 10.1. The molecule has 0 aliphatic heterocycles. The molecule has 27 heavy (non-hydrogen) atoms.